The van der Waals surface area contributed by atoms with Crippen LogP contribution in [0.3, 0.4) is 0 Å². The fourth-order valence-corrected chi connectivity index (χ4v) is 2.11. The molecule has 0 aromatic carbocycles. The molecule has 0 aliphatic heterocycles. The molecule has 0 radical (unpaired) electrons. The molecule has 1 rings (SSSR count). The summed E-state index contributed by atoms with van der Waals surface area (Å²) in [6.45, 7) is -0.0875. The molecule has 0 bridgehead atoms. The van der Waals surface area contributed by atoms with Gasteiger partial charge in [-0.2, -0.15) is 0 Å². The molecule has 1 aromatic heterocycles. The number of alkyl halides is 2. The number of rotatable bonds is 4. The third-order valence-corrected chi connectivity index (χ3v) is 3.09. The minimum Gasteiger partial charge on any atom is -0.469 e. The van der Waals surface area contributed by atoms with E-state index < -0.39 is 12.4 Å². The molecule has 0 spiro atoms. The van der Waals surface area contributed by atoms with Crippen LogP contribution in [-0.2, 0) is 22.5 Å². The Labute approximate surface area is 111 Å². The minimum atomic E-state index is -2.64. The molecule has 7 heteroatoms. The summed E-state index contributed by atoms with van der Waals surface area (Å²) in [4.78, 5) is 15.1. The fourth-order valence-electron chi connectivity index (χ4n) is 1.41. The van der Waals surface area contributed by atoms with E-state index >= 15 is 0 Å². The lowest BCUT2D eigenvalue weighted by atomic mass is 10.0. The molecule has 1 aromatic rings. The highest BCUT2D eigenvalue weighted by molar-refractivity contribution is 14.1. The topological polar surface area (TPSA) is 65.2 Å². The number of esters is 1. The highest BCUT2D eigenvalue weighted by Crippen LogP contribution is 2.29. The summed E-state index contributed by atoms with van der Waals surface area (Å²) in [5.41, 5.74) is 5.76. The van der Waals surface area contributed by atoms with Gasteiger partial charge in [-0.25, -0.2) is 8.78 Å². The van der Waals surface area contributed by atoms with Gasteiger partial charge in [-0.3, -0.25) is 9.78 Å². The van der Waals surface area contributed by atoms with Crippen LogP contribution >= 0.6 is 22.6 Å². The van der Waals surface area contributed by atoms with E-state index in [4.69, 9.17) is 5.73 Å². The van der Waals surface area contributed by atoms with Gasteiger partial charge in [0.2, 0.25) is 0 Å². The second-order valence-electron chi connectivity index (χ2n) is 3.20. The number of carbonyl (C=O) groups is 1. The quantitative estimate of drug-likeness (QED) is 0.660. The number of nitrogens with two attached hydrogens (primary N) is 1. The first kappa shape index (κ1) is 14.2. The monoisotopic (exact) mass is 356 g/mol. The molecular weight excluding hydrogens is 345 g/mol. The molecule has 0 unspecified atom stereocenters. The third kappa shape index (κ3) is 3.32. The maximum atomic E-state index is 12.9. The predicted octanol–water partition coefficient (Wildman–Crippen LogP) is 1.80. The summed E-state index contributed by atoms with van der Waals surface area (Å²) in [6.07, 6.45) is -1.49. The SMILES string of the molecule is COC(=O)Cc1ncc(I)c(C(F)F)c1CN. The lowest BCUT2D eigenvalue weighted by molar-refractivity contribution is -0.139. The van der Waals surface area contributed by atoms with Crippen LogP contribution in [0.4, 0.5) is 8.78 Å². The van der Waals surface area contributed by atoms with E-state index in [1.165, 1.54) is 13.3 Å². The Morgan fingerprint density at radius 3 is 2.76 bits per heavy atom. The molecule has 0 fully saturated rings. The maximum absolute atomic E-state index is 12.9. The number of pyridine rings is 1. The average molecular weight is 356 g/mol. The number of hydrogen-bond donors (Lipinski definition) is 1. The number of carbonyl (C=O) groups excluding carboxylic acids is 1. The van der Waals surface area contributed by atoms with Crippen LogP contribution in [0.25, 0.3) is 0 Å². The number of ether oxygens (including phenoxy) is 1. The van der Waals surface area contributed by atoms with Crippen molar-refractivity contribution < 1.29 is 18.3 Å². The molecule has 0 aliphatic carbocycles. The summed E-state index contributed by atoms with van der Waals surface area (Å²) in [5.74, 6) is -0.534. The molecule has 0 saturated carbocycles. The second kappa shape index (κ2) is 6.20. The zero-order valence-corrected chi connectivity index (χ0v) is 11.2. The Kier molecular flexibility index (Phi) is 5.19. The lowest BCUT2D eigenvalue weighted by Crippen LogP contribution is -2.14. The Morgan fingerprint density at radius 1 is 1.65 bits per heavy atom. The maximum Gasteiger partial charge on any atom is 0.311 e. The van der Waals surface area contributed by atoms with Gasteiger partial charge in [-0.15, -0.1) is 0 Å². The van der Waals surface area contributed by atoms with Crippen molar-refractivity contribution in [2.45, 2.75) is 19.4 Å². The Bertz CT molecular complexity index is 427. The van der Waals surface area contributed by atoms with Crippen molar-refractivity contribution in [1.29, 1.82) is 0 Å². The van der Waals surface area contributed by atoms with E-state index in [0.29, 0.717) is 3.57 Å². The van der Waals surface area contributed by atoms with Crippen LogP contribution in [0.5, 0.6) is 0 Å². The molecule has 0 saturated heterocycles. The van der Waals surface area contributed by atoms with Gasteiger partial charge < -0.3 is 10.5 Å². The number of methoxy groups -OCH3 is 1. The van der Waals surface area contributed by atoms with Gasteiger partial charge in [0, 0.05) is 21.9 Å². The largest absolute Gasteiger partial charge is 0.469 e. The summed E-state index contributed by atoms with van der Waals surface area (Å²) in [7, 11) is 1.23. The third-order valence-electron chi connectivity index (χ3n) is 2.23. The molecule has 0 aliphatic rings. The van der Waals surface area contributed by atoms with Crippen molar-refractivity contribution in [3.05, 3.63) is 26.6 Å². The van der Waals surface area contributed by atoms with Crippen molar-refractivity contribution in [2.75, 3.05) is 7.11 Å². The Morgan fingerprint density at radius 2 is 2.29 bits per heavy atom. The molecule has 1 heterocycles. The average Bonchev–Trinajstić information content (AvgIpc) is 2.30. The standard InChI is InChI=1S/C10H11F2IN2O2/c1-17-8(16)2-7-5(3-14)9(10(11)12)6(13)4-15-7/h4,10H,2-3,14H2,1H3. The van der Waals surface area contributed by atoms with Crippen LogP contribution in [-0.4, -0.2) is 18.1 Å². The van der Waals surface area contributed by atoms with Gasteiger partial charge in [0.15, 0.2) is 0 Å². The van der Waals surface area contributed by atoms with Crippen LogP contribution in [0.1, 0.15) is 23.2 Å². The van der Waals surface area contributed by atoms with Gasteiger partial charge >= 0.3 is 5.97 Å². The molecule has 2 N–H and O–H groups in total. The highest BCUT2D eigenvalue weighted by atomic mass is 127. The molecule has 17 heavy (non-hydrogen) atoms. The molecule has 0 atom stereocenters. The molecule has 94 valence electrons. The van der Waals surface area contributed by atoms with Crippen molar-refractivity contribution in [1.82, 2.24) is 4.98 Å². The van der Waals surface area contributed by atoms with E-state index in [-0.39, 0.29) is 29.8 Å². The van der Waals surface area contributed by atoms with Gasteiger partial charge in [-0.1, -0.05) is 0 Å². The number of nitrogens with zero attached hydrogens (tertiary/aromatic N) is 1. The van der Waals surface area contributed by atoms with Gasteiger partial charge in [0.25, 0.3) is 6.43 Å². The normalized spacial score (nSPS) is 10.7. The second-order valence-corrected chi connectivity index (χ2v) is 4.36. The first-order valence-corrected chi connectivity index (χ1v) is 5.80. The van der Waals surface area contributed by atoms with Gasteiger partial charge in [-0.05, 0) is 28.2 Å². The Hall–Kier alpha value is -0.830. The molecule has 4 nitrogen and oxygen atoms in total. The van der Waals surface area contributed by atoms with Gasteiger partial charge in [0.1, 0.15) is 0 Å². The molecular formula is C10H11F2IN2O2. The van der Waals surface area contributed by atoms with Crippen molar-refractivity contribution in [3.63, 3.8) is 0 Å². The number of hydrogen-bond acceptors (Lipinski definition) is 4. The Balaban J connectivity index is 3.23. The van der Waals surface area contributed by atoms with Crippen LogP contribution in [0.15, 0.2) is 6.20 Å². The minimum absolute atomic E-state index is 0.0875. The van der Waals surface area contributed by atoms with Crippen molar-refractivity contribution in [3.8, 4) is 0 Å². The predicted molar refractivity (Wildman–Crippen MR) is 65.5 cm³/mol. The van der Waals surface area contributed by atoms with Crippen molar-refractivity contribution in [2.24, 2.45) is 5.73 Å². The van der Waals surface area contributed by atoms with Gasteiger partial charge in [0.05, 0.1) is 19.2 Å². The van der Waals surface area contributed by atoms with Crippen molar-refractivity contribution >= 4 is 28.6 Å². The lowest BCUT2D eigenvalue weighted by Gasteiger charge is -2.13. The highest BCUT2D eigenvalue weighted by Gasteiger charge is 2.21. The van der Waals surface area contributed by atoms with E-state index in [0.717, 1.165) is 0 Å². The molecule has 0 amide bonds. The van der Waals surface area contributed by atoms with E-state index in [1.807, 2.05) is 0 Å². The van der Waals surface area contributed by atoms with Crippen LogP contribution in [0, 0.1) is 3.57 Å². The van der Waals surface area contributed by atoms with Crippen LogP contribution < -0.4 is 5.73 Å². The summed E-state index contributed by atoms with van der Waals surface area (Å²) < 4.78 is 30.6. The van der Waals surface area contributed by atoms with E-state index in [2.05, 4.69) is 9.72 Å². The van der Waals surface area contributed by atoms with E-state index in [9.17, 15) is 13.6 Å². The number of aromatic nitrogens is 1. The number of halogens is 3. The summed E-state index contributed by atoms with van der Waals surface area (Å²) in [5, 5.41) is 0. The first-order chi connectivity index (χ1) is 8.01. The van der Waals surface area contributed by atoms with Crippen LogP contribution in [0.2, 0.25) is 0 Å². The summed E-state index contributed by atoms with van der Waals surface area (Å²) >= 11 is 1.77. The zero-order valence-electron chi connectivity index (χ0n) is 9.04. The summed E-state index contributed by atoms with van der Waals surface area (Å²) in [6, 6.07) is 0. The zero-order chi connectivity index (χ0) is 13.0. The fraction of sp³-hybridized carbons (Fsp3) is 0.400. The first-order valence-electron chi connectivity index (χ1n) is 4.72. The van der Waals surface area contributed by atoms with E-state index in [1.54, 1.807) is 22.6 Å². The smallest absolute Gasteiger partial charge is 0.311 e.